The summed E-state index contributed by atoms with van der Waals surface area (Å²) in [6, 6.07) is 9.41. The molecule has 32 heavy (non-hydrogen) atoms. The Kier molecular flexibility index (Phi) is 6.57. The van der Waals surface area contributed by atoms with Crippen LogP contribution in [-0.4, -0.2) is 15.6 Å². The lowest BCUT2D eigenvalue weighted by atomic mass is 10.0. The molecule has 0 aliphatic carbocycles. The first-order chi connectivity index (χ1) is 15.0. The van der Waals surface area contributed by atoms with Gasteiger partial charge >= 0.3 is 12.1 Å². The molecule has 3 rings (SSSR count). The Labute approximate surface area is 180 Å². The number of aromatic nitrogens is 1. The van der Waals surface area contributed by atoms with Crippen molar-refractivity contribution >= 4 is 5.97 Å². The van der Waals surface area contributed by atoms with Gasteiger partial charge in [0.2, 0.25) is 0 Å². The molecule has 9 heteroatoms. The number of ether oxygens (including phenoxy) is 1. The SMILES string of the molecule is Cc1ccc(-n2ccc(C(F)(F)F)c2COc2c(F)cc(CC(C)C(=O)O)cc2F)cc1. The zero-order valence-corrected chi connectivity index (χ0v) is 17.2. The highest BCUT2D eigenvalue weighted by atomic mass is 19.4. The first kappa shape index (κ1) is 23.3. The highest BCUT2D eigenvalue weighted by Gasteiger charge is 2.36. The van der Waals surface area contributed by atoms with Crippen molar-refractivity contribution in [3.8, 4) is 11.4 Å². The Hall–Kier alpha value is -3.36. The average molecular weight is 453 g/mol. The van der Waals surface area contributed by atoms with Crippen LogP contribution in [0.25, 0.3) is 5.69 Å². The van der Waals surface area contributed by atoms with E-state index in [2.05, 4.69) is 0 Å². The molecule has 0 saturated heterocycles. The van der Waals surface area contributed by atoms with Gasteiger partial charge in [0.25, 0.3) is 0 Å². The average Bonchev–Trinajstić information content (AvgIpc) is 3.12. The highest BCUT2D eigenvalue weighted by molar-refractivity contribution is 5.69. The molecule has 3 aromatic rings. The standard InChI is InChI=1S/C23H20F5NO3/c1-13-3-5-16(6-4-13)29-8-7-17(23(26,27)28)20(29)12-32-21-18(24)10-15(11-19(21)25)9-14(2)22(30)31/h3-8,10-11,14H,9,12H2,1-2H3,(H,30,31). The summed E-state index contributed by atoms with van der Waals surface area (Å²) in [7, 11) is 0. The molecule has 0 fully saturated rings. The van der Waals surface area contributed by atoms with E-state index >= 15 is 0 Å². The van der Waals surface area contributed by atoms with Gasteiger partial charge in [0.05, 0.1) is 17.2 Å². The molecule has 1 aromatic heterocycles. The maximum absolute atomic E-state index is 14.5. The molecule has 2 aromatic carbocycles. The number of carbonyl (C=O) groups is 1. The fraction of sp³-hybridized carbons (Fsp3) is 0.261. The second kappa shape index (κ2) is 9.02. The molecule has 0 amide bonds. The van der Waals surface area contributed by atoms with Crippen LogP contribution in [0.2, 0.25) is 0 Å². The van der Waals surface area contributed by atoms with Crippen molar-refractivity contribution in [2.24, 2.45) is 5.92 Å². The van der Waals surface area contributed by atoms with Gasteiger partial charge in [-0.3, -0.25) is 4.79 Å². The molecule has 0 spiro atoms. The largest absolute Gasteiger partial charge is 0.481 e. The smallest absolute Gasteiger partial charge is 0.418 e. The quantitative estimate of drug-likeness (QED) is 0.452. The minimum absolute atomic E-state index is 0.0984. The van der Waals surface area contributed by atoms with E-state index in [0.717, 1.165) is 23.8 Å². The zero-order chi connectivity index (χ0) is 23.6. The number of benzene rings is 2. The molecule has 0 aliphatic rings. The maximum atomic E-state index is 14.5. The third kappa shape index (κ3) is 5.09. The van der Waals surface area contributed by atoms with Gasteiger partial charge in [-0.15, -0.1) is 0 Å². The Morgan fingerprint density at radius 1 is 1.09 bits per heavy atom. The maximum Gasteiger partial charge on any atom is 0.418 e. The van der Waals surface area contributed by atoms with E-state index in [-0.39, 0.29) is 17.7 Å². The predicted molar refractivity (Wildman–Crippen MR) is 107 cm³/mol. The van der Waals surface area contributed by atoms with Crippen molar-refractivity contribution in [3.05, 3.63) is 82.7 Å². The van der Waals surface area contributed by atoms with Crippen LogP contribution in [0.3, 0.4) is 0 Å². The second-order valence-electron chi connectivity index (χ2n) is 7.50. The van der Waals surface area contributed by atoms with Crippen LogP contribution in [0.4, 0.5) is 22.0 Å². The van der Waals surface area contributed by atoms with E-state index in [0.29, 0.717) is 5.69 Å². The van der Waals surface area contributed by atoms with Crippen molar-refractivity contribution < 1.29 is 36.6 Å². The molecular weight excluding hydrogens is 433 g/mol. The molecular formula is C23H20F5NO3. The Morgan fingerprint density at radius 2 is 1.69 bits per heavy atom. The number of rotatable bonds is 7. The number of carboxylic acid groups (broad SMARTS) is 1. The fourth-order valence-corrected chi connectivity index (χ4v) is 3.27. The van der Waals surface area contributed by atoms with Crippen LogP contribution in [0.15, 0.2) is 48.7 Å². The summed E-state index contributed by atoms with van der Waals surface area (Å²) in [6.07, 6.45) is -3.59. The van der Waals surface area contributed by atoms with Gasteiger partial charge in [-0.2, -0.15) is 13.2 Å². The normalized spacial score (nSPS) is 12.6. The zero-order valence-electron chi connectivity index (χ0n) is 17.2. The van der Waals surface area contributed by atoms with E-state index < -0.39 is 47.6 Å². The molecule has 1 heterocycles. The molecule has 4 nitrogen and oxygen atoms in total. The molecule has 1 N–H and O–H groups in total. The lowest BCUT2D eigenvalue weighted by Crippen LogP contribution is -2.14. The van der Waals surface area contributed by atoms with Crippen molar-refractivity contribution in [2.45, 2.75) is 33.1 Å². The molecule has 1 atom stereocenters. The Morgan fingerprint density at radius 3 is 2.22 bits per heavy atom. The van der Waals surface area contributed by atoms with E-state index in [1.54, 1.807) is 24.3 Å². The number of hydrogen-bond donors (Lipinski definition) is 1. The van der Waals surface area contributed by atoms with Gasteiger partial charge in [-0.1, -0.05) is 24.6 Å². The van der Waals surface area contributed by atoms with Crippen LogP contribution in [0, 0.1) is 24.5 Å². The van der Waals surface area contributed by atoms with E-state index in [1.807, 2.05) is 6.92 Å². The molecule has 1 unspecified atom stereocenters. The minimum atomic E-state index is -4.69. The van der Waals surface area contributed by atoms with E-state index in [9.17, 15) is 26.7 Å². The number of nitrogens with zero attached hydrogens (tertiary/aromatic N) is 1. The molecule has 0 saturated carbocycles. The number of aliphatic carboxylic acids is 1. The van der Waals surface area contributed by atoms with Crippen LogP contribution >= 0.6 is 0 Å². The summed E-state index contributed by atoms with van der Waals surface area (Å²) in [5, 5.41) is 8.95. The first-order valence-electron chi connectivity index (χ1n) is 9.65. The number of hydrogen-bond acceptors (Lipinski definition) is 2. The van der Waals surface area contributed by atoms with Crippen LogP contribution < -0.4 is 4.74 Å². The summed E-state index contributed by atoms with van der Waals surface area (Å²) in [6.45, 7) is 2.48. The van der Waals surface area contributed by atoms with Gasteiger partial charge in [0.15, 0.2) is 17.4 Å². The highest BCUT2D eigenvalue weighted by Crippen LogP contribution is 2.35. The third-order valence-corrected chi connectivity index (χ3v) is 4.98. The van der Waals surface area contributed by atoms with Crippen LogP contribution in [0.5, 0.6) is 5.75 Å². The fourth-order valence-electron chi connectivity index (χ4n) is 3.27. The van der Waals surface area contributed by atoms with Gasteiger partial charge in [-0.25, -0.2) is 8.78 Å². The van der Waals surface area contributed by atoms with Gasteiger partial charge in [-0.05, 0) is 49.2 Å². The summed E-state index contributed by atoms with van der Waals surface area (Å²) in [5.41, 5.74) is 0.149. The Balaban J connectivity index is 1.91. The van der Waals surface area contributed by atoms with Gasteiger partial charge < -0.3 is 14.4 Å². The molecule has 0 radical (unpaired) electrons. The lowest BCUT2D eigenvalue weighted by Gasteiger charge is -2.16. The minimum Gasteiger partial charge on any atom is -0.481 e. The second-order valence-corrected chi connectivity index (χ2v) is 7.50. The summed E-state index contributed by atoms with van der Waals surface area (Å²) >= 11 is 0. The van der Waals surface area contributed by atoms with E-state index in [4.69, 9.17) is 9.84 Å². The van der Waals surface area contributed by atoms with Crippen molar-refractivity contribution in [3.63, 3.8) is 0 Å². The summed E-state index contributed by atoms with van der Waals surface area (Å²) in [4.78, 5) is 10.9. The lowest BCUT2D eigenvalue weighted by molar-refractivity contribution is -0.141. The van der Waals surface area contributed by atoms with Crippen molar-refractivity contribution in [1.82, 2.24) is 4.57 Å². The topological polar surface area (TPSA) is 51.5 Å². The Bertz CT molecular complexity index is 1100. The summed E-state index contributed by atoms with van der Waals surface area (Å²) in [5.74, 6) is -5.07. The predicted octanol–water partition coefficient (Wildman–Crippen LogP) is 5.92. The monoisotopic (exact) mass is 453 g/mol. The van der Waals surface area contributed by atoms with E-state index in [1.165, 1.54) is 17.7 Å². The van der Waals surface area contributed by atoms with Crippen LogP contribution in [0.1, 0.15) is 29.3 Å². The number of carboxylic acids is 1. The molecule has 170 valence electrons. The van der Waals surface area contributed by atoms with Crippen molar-refractivity contribution in [1.29, 1.82) is 0 Å². The van der Waals surface area contributed by atoms with Crippen LogP contribution in [-0.2, 0) is 24.0 Å². The number of aryl methyl sites for hydroxylation is 1. The summed E-state index contributed by atoms with van der Waals surface area (Å²) < 4.78 is 75.8. The first-order valence-corrected chi connectivity index (χ1v) is 9.65. The number of alkyl halides is 3. The van der Waals surface area contributed by atoms with Gasteiger partial charge in [0, 0.05) is 11.9 Å². The number of halogens is 5. The third-order valence-electron chi connectivity index (χ3n) is 4.98. The molecule has 0 aliphatic heterocycles. The molecule has 0 bridgehead atoms. The van der Waals surface area contributed by atoms with Gasteiger partial charge in [0.1, 0.15) is 6.61 Å². The van der Waals surface area contributed by atoms with Crippen molar-refractivity contribution in [2.75, 3.05) is 0 Å².